The Morgan fingerprint density at radius 3 is 2.00 bits per heavy atom. The molecular weight excluding hydrogens is 356 g/mol. The smallest absolute Gasteiger partial charge is 0.261 e. The number of rotatable bonds is 3. The first kappa shape index (κ1) is 20.6. The summed E-state index contributed by atoms with van der Waals surface area (Å²) in [5, 5.41) is 9.96. The lowest BCUT2D eigenvalue weighted by atomic mass is 9.75. The lowest BCUT2D eigenvalue weighted by Gasteiger charge is -2.33. The Labute approximate surface area is 136 Å². The average Bonchev–Trinajstić information content (AvgIpc) is 2.15. The summed E-state index contributed by atoms with van der Waals surface area (Å²) >= 11 is 3.51. The van der Waals surface area contributed by atoms with E-state index in [0.717, 1.165) is 10.9 Å². The van der Waals surface area contributed by atoms with Crippen LogP contribution in [0.1, 0.15) is 45.2 Å². The predicted octanol–water partition coefficient (Wildman–Crippen LogP) is 3.70. The van der Waals surface area contributed by atoms with Crippen molar-refractivity contribution < 1.29 is 18.1 Å². The molecule has 0 saturated heterocycles. The predicted molar refractivity (Wildman–Crippen MR) is 90.3 cm³/mol. The minimum Gasteiger partial charge on any atom is -0.390 e. The third-order valence-electron chi connectivity index (χ3n) is 2.80. The molecule has 1 aromatic rings. The fraction of sp³-hybridized carbons (Fsp3) is 0.600. The quantitative estimate of drug-likeness (QED) is 0.783. The standard InChI is InChI=1S/C14H21BrO.CH4O3S/c1-10-6-7-11(15)8-12(10)13(2,3)9-14(4,5)16;1-5(2,3)4/h6-8,16H,9H2,1-5H3;1H3,(H,2,3,4). The molecule has 0 heterocycles. The van der Waals surface area contributed by atoms with Crippen molar-refractivity contribution in [3.05, 3.63) is 33.8 Å². The van der Waals surface area contributed by atoms with E-state index in [1.165, 1.54) is 11.1 Å². The van der Waals surface area contributed by atoms with Crippen molar-refractivity contribution in [3.63, 3.8) is 0 Å². The molecule has 0 aliphatic heterocycles. The summed E-state index contributed by atoms with van der Waals surface area (Å²) in [5.41, 5.74) is 1.91. The molecule has 0 amide bonds. The lowest BCUT2D eigenvalue weighted by molar-refractivity contribution is 0.0500. The Kier molecular flexibility index (Phi) is 7.07. The zero-order valence-corrected chi connectivity index (χ0v) is 15.8. The first-order valence-corrected chi connectivity index (χ1v) is 9.17. The van der Waals surface area contributed by atoms with Crippen LogP contribution in [0.25, 0.3) is 0 Å². The Morgan fingerprint density at radius 2 is 1.62 bits per heavy atom. The van der Waals surface area contributed by atoms with E-state index in [-0.39, 0.29) is 5.41 Å². The molecule has 0 atom stereocenters. The molecule has 2 N–H and O–H groups in total. The number of aliphatic hydroxyl groups is 1. The highest BCUT2D eigenvalue weighted by Crippen LogP contribution is 2.35. The fourth-order valence-corrected chi connectivity index (χ4v) is 2.86. The van der Waals surface area contributed by atoms with Gasteiger partial charge in [0.05, 0.1) is 11.9 Å². The lowest BCUT2D eigenvalue weighted by Crippen LogP contribution is -2.31. The molecule has 1 rings (SSSR count). The number of hydrogen-bond acceptors (Lipinski definition) is 3. The van der Waals surface area contributed by atoms with Crippen molar-refractivity contribution in [2.75, 3.05) is 6.26 Å². The zero-order valence-electron chi connectivity index (χ0n) is 13.4. The van der Waals surface area contributed by atoms with Gasteiger partial charge in [-0.25, -0.2) is 0 Å². The minimum atomic E-state index is -3.67. The SMILES string of the molecule is CS(=O)(=O)O.Cc1ccc(Br)cc1C(C)(C)CC(C)(C)O. The van der Waals surface area contributed by atoms with Gasteiger partial charge in [0.1, 0.15) is 0 Å². The van der Waals surface area contributed by atoms with Gasteiger partial charge in [-0.2, -0.15) is 8.42 Å². The van der Waals surface area contributed by atoms with Crippen LogP contribution in [0, 0.1) is 6.92 Å². The highest BCUT2D eigenvalue weighted by molar-refractivity contribution is 9.10. The molecule has 0 unspecified atom stereocenters. The molecule has 0 bridgehead atoms. The molecule has 0 aromatic heterocycles. The molecule has 0 saturated carbocycles. The summed E-state index contributed by atoms with van der Waals surface area (Å²) < 4.78 is 27.0. The van der Waals surface area contributed by atoms with Crippen molar-refractivity contribution in [2.45, 2.75) is 52.1 Å². The maximum absolute atomic E-state index is 9.96. The molecule has 0 aliphatic rings. The van der Waals surface area contributed by atoms with E-state index in [2.05, 4.69) is 54.9 Å². The van der Waals surface area contributed by atoms with Crippen LogP contribution in [-0.4, -0.2) is 29.9 Å². The second-order valence-electron chi connectivity index (χ2n) is 6.57. The van der Waals surface area contributed by atoms with E-state index in [1.54, 1.807) is 0 Å². The van der Waals surface area contributed by atoms with Crippen LogP contribution < -0.4 is 0 Å². The van der Waals surface area contributed by atoms with Crippen LogP contribution in [-0.2, 0) is 15.5 Å². The Balaban J connectivity index is 0.000000690. The number of aryl methyl sites for hydroxylation is 1. The summed E-state index contributed by atoms with van der Waals surface area (Å²) in [4.78, 5) is 0. The van der Waals surface area contributed by atoms with Crippen molar-refractivity contribution in [1.29, 1.82) is 0 Å². The van der Waals surface area contributed by atoms with Crippen LogP contribution in [0.2, 0.25) is 0 Å². The first-order valence-electron chi connectivity index (χ1n) is 6.53. The number of hydrogen-bond donors (Lipinski definition) is 2. The molecule has 122 valence electrons. The topological polar surface area (TPSA) is 74.6 Å². The van der Waals surface area contributed by atoms with Crippen LogP contribution >= 0.6 is 15.9 Å². The normalized spacial score (nSPS) is 12.6. The van der Waals surface area contributed by atoms with E-state index < -0.39 is 15.7 Å². The van der Waals surface area contributed by atoms with Gasteiger partial charge in [-0.3, -0.25) is 4.55 Å². The highest BCUT2D eigenvalue weighted by atomic mass is 79.9. The maximum Gasteiger partial charge on any atom is 0.261 e. The van der Waals surface area contributed by atoms with Crippen LogP contribution in [0.15, 0.2) is 22.7 Å². The average molecular weight is 381 g/mol. The zero-order chi connectivity index (χ0) is 17.1. The van der Waals surface area contributed by atoms with Gasteiger partial charge in [0.2, 0.25) is 0 Å². The Morgan fingerprint density at radius 1 is 1.19 bits per heavy atom. The van der Waals surface area contributed by atoms with Crippen LogP contribution in [0.4, 0.5) is 0 Å². The van der Waals surface area contributed by atoms with Crippen LogP contribution in [0.3, 0.4) is 0 Å². The second kappa shape index (κ2) is 7.22. The van der Waals surface area contributed by atoms with E-state index >= 15 is 0 Å². The van der Waals surface area contributed by atoms with Crippen molar-refractivity contribution in [2.24, 2.45) is 0 Å². The van der Waals surface area contributed by atoms with Gasteiger partial charge < -0.3 is 5.11 Å². The van der Waals surface area contributed by atoms with Gasteiger partial charge in [-0.15, -0.1) is 0 Å². The molecular formula is C15H25BrO4S. The molecule has 1 aromatic carbocycles. The van der Waals surface area contributed by atoms with Gasteiger partial charge in [0.15, 0.2) is 0 Å². The van der Waals surface area contributed by atoms with Gasteiger partial charge in [-0.05, 0) is 55.9 Å². The number of benzene rings is 1. The van der Waals surface area contributed by atoms with Crippen molar-refractivity contribution >= 4 is 26.0 Å². The minimum absolute atomic E-state index is 0.0217. The summed E-state index contributed by atoms with van der Waals surface area (Å²) in [6.45, 7) is 10.2. The van der Waals surface area contributed by atoms with Crippen LogP contribution in [0.5, 0.6) is 0 Å². The largest absolute Gasteiger partial charge is 0.390 e. The third-order valence-corrected chi connectivity index (χ3v) is 3.30. The van der Waals surface area contributed by atoms with Gasteiger partial charge in [0, 0.05) is 4.47 Å². The van der Waals surface area contributed by atoms with Crippen molar-refractivity contribution in [3.8, 4) is 0 Å². The molecule has 0 spiro atoms. The van der Waals surface area contributed by atoms with E-state index in [4.69, 9.17) is 4.55 Å². The van der Waals surface area contributed by atoms with Gasteiger partial charge >= 0.3 is 0 Å². The summed E-state index contributed by atoms with van der Waals surface area (Å²) in [6.07, 6.45) is 1.46. The summed E-state index contributed by atoms with van der Waals surface area (Å²) in [7, 11) is -3.67. The van der Waals surface area contributed by atoms with E-state index in [0.29, 0.717) is 6.26 Å². The van der Waals surface area contributed by atoms with Gasteiger partial charge in [-0.1, -0.05) is 35.8 Å². The van der Waals surface area contributed by atoms with E-state index in [1.807, 2.05) is 13.8 Å². The highest BCUT2D eigenvalue weighted by Gasteiger charge is 2.29. The maximum atomic E-state index is 9.96. The molecule has 0 radical (unpaired) electrons. The summed E-state index contributed by atoms with van der Waals surface area (Å²) in [5.74, 6) is 0. The van der Waals surface area contributed by atoms with Crippen molar-refractivity contribution in [1.82, 2.24) is 0 Å². The number of halogens is 1. The molecule has 6 heteroatoms. The molecule has 4 nitrogen and oxygen atoms in total. The Bertz CT molecular complexity index is 564. The van der Waals surface area contributed by atoms with E-state index in [9.17, 15) is 13.5 Å². The molecule has 21 heavy (non-hydrogen) atoms. The van der Waals surface area contributed by atoms with Gasteiger partial charge in [0.25, 0.3) is 10.1 Å². The summed E-state index contributed by atoms with van der Waals surface area (Å²) in [6, 6.07) is 6.33. The third kappa shape index (κ3) is 10.0. The second-order valence-corrected chi connectivity index (χ2v) is 8.95. The fourth-order valence-electron chi connectivity index (χ4n) is 2.50. The monoisotopic (exact) mass is 380 g/mol. The Hall–Kier alpha value is -0.430. The molecule has 0 aliphatic carbocycles. The first-order chi connectivity index (χ1) is 9.12. The molecule has 0 fully saturated rings.